The third-order valence-electron chi connectivity index (χ3n) is 9.21. The van der Waals surface area contributed by atoms with Crippen LogP contribution in [0.1, 0.15) is 85.8 Å². The van der Waals surface area contributed by atoms with Gasteiger partial charge >= 0.3 is 6.09 Å². The number of aromatic nitrogens is 1. The summed E-state index contributed by atoms with van der Waals surface area (Å²) in [4.78, 5) is 81.2. The van der Waals surface area contributed by atoms with E-state index in [9.17, 15) is 33.2 Å². The van der Waals surface area contributed by atoms with Gasteiger partial charge in [0.1, 0.15) is 36.1 Å². The van der Waals surface area contributed by atoms with Gasteiger partial charge in [0, 0.05) is 37.0 Å². The maximum Gasteiger partial charge on any atom is 0.408 e. The molecule has 0 radical (unpaired) electrons. The van der Waals surface area contributed by atoms with Gasteiger partial charge < -0.3 is 40.3 Å². The zero-order valence-electron chi connectivity index (χ0n) is 31.0. The van der Waals surface area contributed by atoms with E-state index in [2.05, 4.69) is 26.4 Å². The molecule has 52 heavy (non-hydrogen) atoms. The third kappa shape index (κ3) is 10.4. The van der Waals surface area contributed by atoms with Crippen LogP contribution in [-0.2, 0) is 28.7 Å². The molecule has 2 fully saturated rings. The first-order valence-electron chi connectivity index (χ1n) is 17.9. The molecule has 3 atom stereocenters. The van der Waals surface area contributed by atoms with Crippen LogP contribution < -0.4 is 21.3 Å². The van der Waals surface area contributed by atoms with Crippen molar-refractivity contribution in [1.29, 1.82) is 0 Å². The number of amides is 6. The van der Waals surface area contributed by atoms with Crippen molar-refractivity contribution in [3.05, 3.63) is 29.7 Å². The minimum atomic E-state index is -0.996. The number of nitrogens with one attached hydrogen (secondary N) is 4. The SMILES string of the molecule is CC(C)[C@H](NC(=O)CNC(=O)OC(C)(C)C)C(=O)NCC(=O)N[C@H](C(=O)N1CCC[C@H]1C(=O)N1CCC(c2noc3cc(F)ccc23)CC1)C(C)C. The van der Waals surface area contributed by atoms with Gasteiger partial charge in [-0.1, -0.05) is 32.9 Å². The smallest absolute Gasteiger partial charge is 0.408 e. The molecule has 6 amide bonds. The first-order chi connectivity index (χ1) is 24.4. The summed E-state index contributed by atoms with van der Waals surface area (Å²) in [6.45, 7) is 12.5. The van der Waals surface area contributed by atoms with Crippen LogP contribution in [-0.4, -0.2) is 107 Å². The van der Waals surface area contributed by atoms with E-state index >= 15 is 0 Å². The molecular formula is C36H52FN7O8. The van der Waals surface area contributed by atoms with Crippen LogP contribution in [0.25, 0.3) is 11.0 Å². The Morgan fingerprint density at radius 1 is 0.904 bits per heavy atom. The minimum Gasteiger partial charge on any atom is -0.444 e. The summed E-state index contributed by atoms with van der Waals surface area (Å²) in [5.41, 5.74) is 0.398. The molecule has 0 bridgehead atoms. The normalized spacial score (nSPS) is 17.9. The van der Waals surface area contributed by atoms with E-state index in [4.69, 9.17) is 9.26 Å². The Balaban J connectivity index is 1.28. The van der Waals surface area contributed by atoms with E-state index in [0.29, 0.717) is 50.9 Å². The van der Waals surface area contributed by atoms with Crippen LogP contribution in [0.2, 0.25) is 0 Å². The number of carbonyl (C=O) groups excluding carboxylic acids is 6. The monoisotopic (exact) mass is 729 g/mol. The number of benzene rings is 1. The van der Waals surface area contributed by atoms with Gasteiger partial charge in [-0.3, -0.25) is 24.0 Å². The molecule has 2 aliphatic rings. The molecule has 3 heterocycles. The number of piperidine rings is 1. The van der Waals surface area contributed by atoms with Gasteiger partial charge in [0.05, 0.1) is 12.2 Å². The molecule has 4 rings (SSSR count). The van der Waals surface area contributed by atoms with Crippen LogP contribution in [0.5, 0.6) is 0 Å². The fraction of sp³-hybridized carbons (Fsp3) is 0.639. The molecule has 286 valence electrons. The Hall–Kier alpha value is -4.76. The van der Waals surface area contributed by atoms with Crippen LogP contribution in [0.3, 0.4) is 0 Å². The van der Waals surface area contributed by atoms with Crippen LogP contribution in [0.15, 0.2) is 22.7 Å². The second-order valence-electron chi connectivity index (χ2n) is 15.1. The first-order valence-corrected chi connectivity index (χ1v) is 17.9. The summed E-state index contributed by atoms with van der Waals surface area (Å²) >= 11 is 0. The van der Waals surface area contributed by atoms with Gasteiger partial charge in [0.15, 0.2) is 5.58 Å². The van der Waals surface area contributed by atoms with Crippen LogP contribution in [0, 0.1) is 17.7 Å². The quantitative estimate of drug-likeness (QED) is 0.254. The number of nitrogens with zero attached hydrogens (tertiary/aromatic N) is 3. The molecular weight excluding hydrogens is 677 g/mol. The molecule has 1 aromatic heterocycles. The summed E-state index contributed by atoms with van der Waals surface area (Å²) < 4.78 is 24.1. The predicted octanol–water partition coefficient (Wildman–Crippen LogP) is 2.59. The summed E-state index contributed by atoms with van der Waals surface area (Å²) in [7, 11) is 0. The fourth-order valence-electron chi connectivity index (χ4n) is 6.52. The average molecular weight is 730 g/mol. The lowest BCUT2D eigenvalue weighted by Crippen LogP contribution is -2.57. The van der Waals surface area contributed by atoms with Crippen molar-refractivity contribution in [2.45, 2.75) is 104 Å². The van der Waals surface area contributed by atoms with Gasteiger partial charge in [-0.25, -0.2) is 9.18 Å². The summed E-state index contributed by atoms with van der Waals surface area (Å²) in [6.07, 6.45) is 1.67. The summed E-state index contributed by atoms with van der Waals surface area (Å²) in [5, 5.41) is 15.1. The van der Waals surface area contributed by atoms with Gasteiger partial charge in [0.25, 0.3) is 0 Å². The highest BCUT2D eigenvalue weighted by Crippen LogP contribution is 2.34. The van der Waals surface area contributed by atoms with Crippen molar-refractivity contribution < 1.29 is 42.4 Å². The number of fused-ring (bicyclic) bond motifs is 1. The Morgan fingerprint density at radius 2 is 1.52 bits per heavy atom. The number of ether oxygens (including phenoxy) is 1. The Bertz CT molecular complexity index is 1630. The molecule has 1 aromatic carbocycles. The van der Waals surface area contributed by atoms with E-state index in [-0.39, 0.29) is 29.6 Å². The van der Waals surface area contributed by atoms with E-state index in [0.717, 1.165) is 11.1 Å². The maximum atomic E-state index is 13.8. The minimum absolute atomic E-state index is 0.0476. The molecule has 0 aliphatic carbocycles. The van der Waals surface area contributed by atoms with E-state index in [1.54, 1.807) is 64.3 Å². The van der Waals surface area contributed by atoms with Crippen molar-refractivity contribution in [3.8, 4) is 0 Å². The fourth-order valence-corrected chi connectivity index (χ4v) is 6.52. The highest BCUT2D eigenvalue weighted by molar-refractivity contribution is 5.95. The van der Waals surface area contributed by atoms with Gasteiger partial charge in [-0.15, -0.1) is 0 Å². The van der Waals surface area contributed by atoms with E-state index in [1.165, 1.54) is 12.1 Å². The molecule has 0 unspecified atom stereocenters. The number of likely N-dealkylation sites (tertiary alicyclic amines) is 2. The van der Waals surface area contributed by atoms with Gasteiger partial charge in [-0.05, 0) is 70.4 Å². The van der Waals surface area contributed by atoms with Gasteiger partial charge in [0.2, 0.25) is 29.5 Å². The lowest BCUT2D eigenvalue weighted by molar-refractivity contribution is -0.146. The highest BCUT2D eigenvalue weighted by Gasteiger charge is 2.41. The summed E-state index contributed by atoms with van der Waals surface area (Å²) in [5.74, 6) is -3.35. The van der Waals surface area contributed by atoms with Crippen molar-refractivity contribution in [2.75, 3.05) is 32.7 Å². The number of rotatable bonds is 12. The molecule has 0 spiro atoms. The molecule has 2 aliphatic heterocycles. The second kappa shape index (κ2) is 17.2. The van der Waals surface area contributed by atoms with Gasteiger partial charge in [-0.2, -0.15) is 0 Å². The van der Waals surface area contributed by atoms with Crippen molar-refractivity contribution in [3.63, 3.8) is 0 Å². The number of alkyl carbamates (subject to hydrolysis) is 1. The topological polar surface area (TPSA) is 192 Å². The zero-order valence-corrected chi connectivity index (χ0v) is 31.0. The Labute approximate surface area is 303 Å². The largest absolute Gasteiger partial charge is 0.444 e. The number of hydrogen-bond donors (Lipinski definition) is 4. The first kappa shape index (κ1) is 40.0. The van der Waals surface area contributed by atoms with E-state index in [1.807, 2.05) is 0 Å². The molecule has 2 aromatic rings. The van der Waals surface area contributed by atoms with Crippen molar-refractivity contribution in [1.82, 2.24) is 36.2 Å². The summed E-state index contributed by atoms with van der Waals surface area (Å²) in [6, 6.07) is 1.75. The lowest BCUT2D eigenvalue weighted by atomic mass is 9.91. The Morgan fingerprint density at radius 3 is 2.13 bits per heavy atom. The average Bonchev–Trinajstić information content (AvgIpc) is 3.73. The molecule has 4 N–H and O–H groups in total. The van der Waals surface area contributed by atoms with Crippen LogP contribution >= 0.6 is 0 Å². The third-order valence-corrected chi connectivity index (χ3v) is 9.21. The zero-order chi connectivity index (χ0) is 38.3. The van der Waals surface area contributed by atoms with Crippen molar-refractivity contribution in [2.24, 2.45) is 11.8 Å². The standard InChI is InChI=1S/C36H52FN7O8/c1-20(2)29(40-28(46)19-39-35(50)51-36(5,6)7)32(47)38-18-27(45)41-30(21(3)4)34(49)44-14-8-9-25(44)33(48)43-15-12-22(13-16-43)31-24-11-10-23(37)17-26(24)52-42-31/h10-11,17,20-22,25,29-30H,8-9,12-16,18-19H2,1-7H3,(H,38,47)(H,39,50)(H,40,46)(H,41,45)/t25-,29-,30-/m0/s1. The van der Waals surface area contributed by atoms with E-state index < -0.39 is 66.4 Å². The molecule has 16 heteroatoms. The number of carbonyl (C=O) groups is 6. The van der Waals surface area contributed by atoms with Crippen molar-refractivity contribution >= 4 is 46.6 Å². The second-order valence-corrected chi connectivity index (χ2v) is 15.1. The molecule has 0 saturated carbocycles. The van der Waals surface area contributed by atoms with Crippen LogP contribution in [0.4, 0.5) is 9.18 Å². The predicted molar refractivity (Wildman–Crippen MR) is 188 cm³/mol. The Kier molecular flexibility index (Phi) is 13.2. The molecule has 2 saturated heterocycles. The number of hydrogen-bond acceptors (Lipinski definition) is 9. The molecule has 15 nitrogen and oxygen atoms in total. The lowest BCUT2D eigenvalue weighted by Gasteiger charge is -2.36. The number of halogens is 1. The highest BCUT2D eigenvalue weighted by atomic mass is 19.1. The maximum absolute atomic E-state index is 13.8.